The molecule has 0 amide bonds. The average molecular weight is 261 g/mol. The van der Waals surface area contributed by atoms with Gasteiger partial charge >= 0.3 is 0 Å². The molecule has 0 fully saturated rings. The first-order valence-electron chi connectivity index (χ1n) is 6.11. The average Bonchev–Trinajstić information content (AvgIpc) is 2.86. The summed E-state index contributed by atoms with van der Waals surface area (Å²) >= 11 is 1.86. The topological polar surface area (TPSA) is 40.7 Å². The Morgan fingerprint density at radius 1 is 1.33 bits per heavy atom. The van der Waals surface area contributed by atoms with Crippen LogP contribution in [0.5, 0.6) is 0 Å². The second kappa shape index (κ2) is 6.61. The Hall–Kier alpha value is -1.26. The normalized spacial score (nSPS) is 12.6. The van der Waals surface area contributed by atoms with Gasteiger partial charge in [0.15, 0.2) is 0 Å². The molecule has 0 radical (unpaired) electrons. The second-order valence-electron chi connectivity index (χ2n) is 4.37. The Kier molecular flexibility index (Phi) is 4.84. The highest BCUT2D eigenvalue weighted by molar-refractivity contribution is 7.98. The van der Waals surface area contributed by atoms with E-state index in [4.69, 9.17) is 0 Å². The van der Waals surface area contributed by atoms with Crippen molar-refractivity contribution in [2.24, 2.45) is 0 Å². The lowest BCUT2D eigenvalue weighted by Crippen LogP contribution is -2.27. The summed E-state index contributed by atoms with van der Waals surface area (Å²) in [4.78, 5) is 0. The van der Waals surface area contributed by atoms with Crippen molar-refractivity contribution in [2.75, 3.05) is 12.0 Å². The number of nitrogens with zero attached hydrogens (tertiary/aromatic N) is 1. The molecule has 1 aromatic heterocycles. The highest BCUT2D eigenvalue weighted by Crippen LogP contribution is 2.20. The molecule has 18 heavy (non-hydrogen) atoms. The zero-order chi connectivity index (χ0) is 12.8. The number of H-pyrrole nitrogens is 1. The van der Waals surface area contributed by atoms with Crippen molar-refractivity contribution in [3.8, 4) is 11.3 Å². The molecule has 4 heteroatoms. The van der Waals surface area contributed by atoms with Gasteiger partial charge in [-0.3, -0.25) is 5.10 Å². The fourth-order valence-electron chi connectivity index (χ4n) is 1.89. The lowest BCUT2D eigenvalue weighted by molar-refractivity contribution is 0.597. The molecule has 0 bridgehead atoms. The van der Waals surface area contributed by atoms with Crippen LogP contribution >= 0.6 is 11.8 Å². The zero-order valence-corrected chi connectivity index (χ0v) is 11.6. The number of nitrogens with one attached hydrogen (secondary N) is 2. The maximum atomic E-state index is 4.15. The monoisotopic (exact) mass is 261 g/mol. The van der Waals surface area contributed by atoms with Gasteiger partial charge < -0.3 is 5.32 Å². The number of aromatic nitrogens is 2. The van der Waals surface area contributed by atoms with E-state index in [-0.39, 0.29) is 0 Å². The van der Waals surface area contributed by atoms with Crippen molar-refractivity contribution >= 4 is 11.8 Å². The van der Waals surface area contributed by atoms with Crippen LogP contribution in [0.15, 0.2) is 36.5 Å². The predicted molar refractivity (Wildman–Crippen MR) is 78.7 cm³/mol. The number of rotatable bonds is 6. The second-order valence-corrected chi connectivity index (χ2v) is 5.28. The third-order valence-electron chi connectivity index (χ3n) is 2.84. The molecule has 2 aromatic rings. The van der Waals surface area contributed by atoms with Crippen LogP contribution in [0.1, 0.15) is 12.5 Å². The smallest absolute Gasteiger partial charge is 0.0695 e. The number of hydrogen-bond acceptors (Lipinski definition) is 3. The van der Waals surface area contributed by atoms with Crippen LogP contribution in [0, 0.1) is 0 Å². The number of thioether (sulfide) groups is 1. The van der Waals surface area contributed by atoms with E-state index < -0.39 is 0 Å². The van der Waals surface area contributed by atoms with E-state index in [1.165, 1.54) is 11.1 Å². The lowest BCUT2D eigenvalue weighted by atomic mass is 10.1. The van der Waals surface area contributed by atoms with Crippen molar-refractivity contribution < 1.29 is 0 Å². The van der Waals surface area contributed by atoms with Gasteiger partial charge in [-0.25, -0.2) is 0 Å². The largest absolute Gasteiger partial charge is 0.309 e. The Morgan fingerprint density at radius 2 is 2.11 bits per heavy atom. The number of benzene rings is 1. The SMILES string of the molecule is CSCC(C)NCc1cn[nH]c1-c1ccccc1. The molecule has 1 atom stereocenters. The minimum absolute atomic E-state index is 0.513. The van der Waals surface area contributed by atoms with Gasteiger partial charge in [-0.2, -0.15) is 16.9 Å². The van der Waals surface area contributed by atoms with Gasteiger partial charge in [0.1, 0.15) is 0 Å². The first kappa shape index (κ1) is 13.2. The van der Waals surface area contributed by atoms with Crippen LogP contribution < -0.4 is 5.32 Å². The molecule has 0 saturated carbocycles. The molecule has 0 spiro atoms. The van der Waals surface area contributed by atoms with E-state index in [9.17, 15) is 0 Å². The van der Waals surface area contributed by atoms with E-state index >= 15 is 0 Å². The quantitative estimate of drug-likeness (QED) is 0.840. The number of aromatic amines is 1. The van der Waals surface area contributed by atoms with Crippen LogP contribution in [-0.4, -0.2) is 28.2 Å². The minimum Gasteiger partial charge on any atom is -0.309 e. The summed E-state index contributed by atoms with van der Waals surface area (Å²) in [6.45, 7) is 3.06. The van der Waals surface area contributed by atoms with Crippen molar-refractivity contribution in [3.63, 3.8) is 0 Å². The van der Waals surface area contributed by atoms with Crippen molar-refractivity contribution in [3.05, 3.63) is 42.1 Å². The van der Waals surface area contributed by atoms with Gasteiger partial charge in [-0.15, -0.1) is 0 Å². The van der Waals surface area contributed by atoms with E-state index in [1.54, 1.807) is 0 Å². The summed E-state index contributed by atoms with van der Waals surface area (Å²) in [6.07, 6.45) is 4.03. The van der Waals surface area contributed by atoms with Crippen LogP contribution in [0.3, 0.4) is 0 Å². The Balaban J connectivity index is 2.05. The van der Waals surface area contributed by atoms with E-state index in [2.05, 4.69) is 40.8 Å². The van der Waals surface area contributed by atoms with Crippen LogP contribution in [-0.2, 0) is 6.54 Å². The summed E-state index contributed by atoms with van der Waals surface area (Å²) in [6, 6.07) is 10.8. The molecule has 1 heterocycles. The van der Waals surface area contributed by atoms with Crippen molar-refractivity contribution in [1.29, 1.82) is 0 Å². The van der Waals surface area contributed by atoms with Gasteiger partial charge in [0.25, 0.3) is 0 Å². The van der Waals surface area contributed by atoms with Gasteiger partial charge in [-0.05, 0) is 18.7 Å². The first-order chi connectivity index (χ1) is 8.81. The molecule has 96 valence electrons. The fraction of sp³-hybridized carbons (Fsp3) is 0.357. The molecular weight excluding hydrogens is 242 g/mol. The molecule has 1 unspecified atom stereocenters. The van der Waals surface area contributed by atoms with Crippen LogP contribution in [0.4, 0.5) is 0 Å². The Morgan fingerprint density at radius 3 is 2.83 bits per heavy atom. The number of hydrogen-bond donors (Lipinski definition) is 2. The van der Waals surface area contributed by atoms with Crippen LogP contribution in [0.25, 0.3) is 11.3 Å². The molecule has 2 rings (SSSR count). The van der Waals surface area contributed by atoms with Gasteiger partial charge in [0.05, 0.1) is 11.9 Å². The van der Waals surface area contributed by atoms with E-state index in [0.29, 0.717) is 6.04 Å². The standard InChI is InChI=1S/C14H19N3S/c1-11(10-18-2)15-8-13-9-16-17-14(13)12-6-4-3-5-7-12/h3-7,9,11,15H,8,10H2,1-2H3,(H,16,17). The van der Waals surface area contributed by atoms with Gasteiger partial charge in [0.2, 0.25) is 0 Å². The summed E-state index contributed by atoms with van der Waals surface area (Å²) < 4.78 is 0. The summed E-state index contributed by atoms with van der Waals surface area (Å²) in [5, 5.41) is 10.8. The minimum atomic E-state index is 0.513. The Bertz CT molecular complexity index is 467. The molecular formula is C14H19N3S. The highest BCUT2D eigenvalue weighted by Gasteiger charge is 2.08. The fourth-order valence-corrected chi connectivity index (χ4v) is 2.51. The van der Waals surface area contributed by atoms with Gasteiger partial charge in [-0.1, -0.05) is 30.3 Å². The maximum absolute atomic E-state index is 4.15. The third-order valence-corrected chi connectivity index (χ3v) is 3.67. The first-order valence-corrected chi connectivity index (χ1v) is 7.50. The van der Waals surface area contributed by atoms with Crippen LogP contribution in [0.2, 0.25) is 0 Å². The molecule has 2 N–H and O–H groups in total. The summed E-state index contributed by atoms with van der Waals surface area (Å²) in [7, 11) is 0. The Labute approximate surface area is 112 Å². The maximum Gasteiger partial charge on any atom is 0.0695 e. The highest BCUT2D eigenvalue weighted by atomic mass is 32.2. The molecule has 1 aromatic carbocycles. The molecule has 3 nitrogen and oxygen atoms in total. The zero-order valence-electron chi connectivity index (χ0n) is 10.8. The molecule has 0 aliphatic heterocycles. The van der Waals surface area contributed by atoms with E-state index in [0.717, 1.165) is 18.0 Å². The molecule has 0 aliphatic carbocycles. The predicted octanol–water partition coefficient (Wildman–Crippen LogP) is 2.92. The third kappa shape index (κ3) is 3.37. The molecule has 0 aliphatic rings. The van der Waals surface area contributed by atoms with Crippen molar-refractivity contribution in [2.45, 2.75) is 19.5 Å². The lowest BCUT2D eigenvalue weighted by Gasteiger charge is -2.12. The van der Waals surface area contributed by atoms with Gasteiger partial charge in [0, 0.05) is 23.9 Å². The summed E-state index contributed by atoms with van der Waals surface area (Å²) in [5.41, 5.74) is 3.51. The van der Waals surface area contributed by atoms with E-state index in [1.807, 2.05) is 36.2 Å². The summed E-state index contributed by atoms with van der Waals surface area (Å²) in [5.74, 6) is 1.12. The molecule has 0 saturated heterocycles. The van der Waals surface area contributed by atoms with Crippen molar-refractivity contribution in [1.82, 2.24) is 15.5 Å².